The number of nitrogens with one attached hydrogen (secondary N) is 2. The molecule has 0 atom stereocenters. The zero-order chi connectivity index (χ0) is 26.6. The standard InChI is InChI=1S/C26H25Cl2FN8O/c27-22-10-17(1-2-24(22)29)33-25-16(12-30)13-32-26-21(25)9-18(11-23(26)28)31-14-19-15-37(35-34-19)20-3-5-36(6-4-20)7-8-38/h1-2,9-11,13,15,20,31,38H,3-8,14H2,(H,32,33). The normalized spacial score (nSPS) is 14.5. The second kappa shape index (κ2) is 11.5. The van der Waals surface area contributed by atoms with Crippen LogP contribution in [0.5, 0.6) is 0 Å². The van der Waals surface area contributed by atoms with Crippen LogP contribution in [0.25, 0.3) is 10.9 Å². The lowest BCUT2D eigenvalue weighted by Gasteiger charge is -2.31. The van der Waals surface area contributed by atoms with Crippen molar-refractivity contribution in [1.29, 1.82) is 5.26 Å². The molecule has 0 saturated carbocycles. The number of pyridine rings is 1. The number of rotatable bonds is 8. The van der Waals surface area contributed by atoms with E-state index >= 15 is 0 Å². The summed E-state index contributed by atoms with van der Waals surface area (Å²) in [6, 6.07) is 10.3. The number of piperidine rings is 1. The number of aliphatic hydroxyl groups is 1. The molecule has 1 fully saturated rings. The van der Waals surface area contributed by atoms with Gasteiger partial charge in [0.1, 0.15) is 17.6 Å². The Morgan fingerprint density at radius 1 is 1.13 bits per heavy atom. The third-order valence-electron chi connectivity index (χ3n) is 6.61. The van der Waals surface area contributed by atoms with Crippen LogP contribution in [0.2, 0.25) is 10.0 Å². The third-order valence-corrected chi connectivity index (χ3v) is 7.19. The zero-order valence-electron chi connectivity index (χ0n) is 20.3. The first-order valence-corrected chi connectivity index (χ1v) is 12.9. The Bertz CT molecular complexity index is 1500. The molecule has 4 aromatic rings. The van der Waals surface area contributed by atoms with Gasteiger partial charge in [-0.1, -0.05) is 28.4 Å². The molecule has 0 aliphatic carbocycles. The van der Waals surface area contributed by atoms with Crippen molar-refractivity contribution < 1.29 is 9.50 Å². The van der Waals surface area contributed by atoms with E-state index in [4.69, 9.17) is 28.3 Å². The molecule has 12 heteroatoms. The quantitative estimate of drug-likeness (QED) is 0.274. The molecule has 3 heterocycles. The van der Waals surface area contributed by atoms with Crippen LogP contribution in [0.1, 0.15) is 30.1 Å². The molecule has 3 N–H and O–H groups in total. The average molecular weight is 555 g/mol. The van der Waals surface area contributed by atoms with Crippen molar-refractivity contribution in [3.8, 4) is 6.07 Å². The number of aromatic nitrogens is 4. The molecule has 0 bridgehead atoms. The molecule has 38 heavy (non-hydrogen) atoms. The summed E-state index contributed by atoms with van der Waals surface area (Å²) >= 11 is 12.5. The van der Waals surface area contributed by atoms with E-state index < -0.39 is 5.82 Å². The number of likely N-dealkylation sites (tertiary alicyclic amines) is 1. The Hall–Kier alpha value is -3.49. The van der Waals surface area contributed by atoms with Gasteiger partial charge in [0.25, 0.3) is 0 Å². The van der Waals surface area contributed by atoms with Gasteiger partial charge in [0.2, 0.25) is 0 Å². The number of hydrogen-bond donors (Lipinski definition) is 3. The molecular weight excluding hydrogens is 530 g/mol. The minimum Gasteiger partial charge on any atom is -0.395 e. The molecule has 0 spiro atoms. The van der Waals surface area contributed by atoms with Gasteiger partial charge in [0, 0.05) is 42.6 Å². The van der Waals surface area contributed by atoms with E-state index in [9.17, 15) is 9.65 Å². The number of halogens is 3. The fourth-order valence-corrected chi connectivity index (χ4v) is 5.06. The Morgan fingerprint density at radius 3 is 2.66 bits per heavy atom. The minimum atomic E-state index is -0.532. The van der Waals surface area contributed by atoms with E-state index in [1.807, 2.05) is 16.9 Å². The summed E-state index contributed by atoms with van der Waals surface area (Å²) in [6.45, 7) is 3.15. The highest BCUT2D eigenvalue weighted by atomic mass is 35.5. The lowest BCUT2D eigenvalue weighted by molar-refractivity contribution is 0.145. The molecule has 9 nitrogen and oxygen atoms in total. The van der Waals surface area contributed by atoms with E-state index in [2.05, 4.69) is 36.9 Å². The summed E-state index contributed by atoms with van der Waals surface area (Å²) in [5.41, 5.74) is 3.33. The maximum Gasteiger partial charge on any atom is 0.141 e. The number of aliphatic hydroxyl groups excluding tert-OH is 1. The van der Waals surface area contributed by atoms with Crippen LogP contribution >= 0.6 is 23.2 Å². The Kier molecular flexibility index (Phi) is 7.90. The van der Waals surface area contributed by atoms with Crippen molar-refractivity contribution >= 4 is 51.2 Å². The number of nitrogens with zero attached hydrogens (tertiary/aromatic N) is 6. The maximum absolute atomic E-state index is 13.6. The highest BCUT2D eigenvalue weighted by Crippen LogP contribution is 2.35. The van der Waals surface area contributed by atoms with E-state index in [0.29, 0.717) is 51.6 Å². The van der Waals surface area contributed by atoms with Crippen LogP contribution in [0.15, 0.2) is 42.7 Å². The molecule has 1 aliphatic heterocycles. The van der Waals surface area contributed by atoms with E-state index in [-0.39, 0.29) is 17.7 Å². The Balaban J connectivity index is 1.35. The fraction of sp³-hybridized carbons (Fsp3) is 0.308. The summed E-state index contributed by atoms with van der Waals surface area (Å²) in [7, 11) is 0. The summed E-state index contributed by atoms with van der Waals surface area (Å²) in [5.74, 6) is -0.532. The van der Waals surface area contributed by atoms with Crippen LogP contribution in [0.3, 0.4) is 0 Å². The van der Waals surface area contributed by atoms with Gasteiger partial charge in [-0.05, 0) is 43.2 Å². The molecule has 2 aromatic carbocycles. The largest absolute Gasteiger partial charge is 0.395 e. The first kappa shape index (κ1) is 26.1. The summed E-state index contributed by atoms with van der Waals surface area (Å²) in [4.78, 5) is 6.62. The van der Waals surface area contributed by atoms with Gasteiger partial charge in [-0.15, -0.1) is 5.10 Å². The summed E-state index contributed by atoms with van der Waals surface area (Å²) < 4.78 is 15.6. The van der Waals surface area contributed by atoms with Crippen LogP contribution in [-0.4, -0.2) is 56.2 Å². The molecule has 1 saturated heterocycles. The van der Waals surface area contributed by atoms with Crippen molar-refractivity contribution in [3.63, 3.8) is 0 Å². The van der Waals surface area contributed by atoms with Gasteiger partial charge in [0.05, 0.1) is 52.2 Å². The van der Waals surface area contributed by atoms with Crippen molar-refractivity contribution in [1.82, 2.24) is 24.9 Å². The van der Waals surface area contributed by atoms with Gasteiger partial charge >= 0.3 is 0 Å². The van der Waals surface area contributed by atoms with E-state index in [1.165, 1.54) is 24.4 Å². The SMILES string of the molecule is N#Cc1cnc2c(Cl)cc(NCc3cn(C4CCN(CCO)CC4)nn3)cc2c1Nc1ccc(F)c(Cl)c1. The smallest absolute Gasteiger partial charge is 0.141 e. The third kappa shape index (κ3) is 5.66. The van der Waals surface area contributed by atoms with Crippen molar-refractivity contribution in [2.45, 2.75) is 25.4 Å². The predicted octanol–water partition coefficient (Wildman–Crippen LogP) is 5.13. The Morgan fingerprint density at radius 2 is 1.92 bits per heavy atom. The maximum atomic E-state index is 13.6. The monoisotopic (exact) mass is 554 g/mol. The number of benzene rings is 2. The summed E-state index contributed by atoms with van der Waals surface area (Å²) in [6.07, 6.45) is 5.31. The van der Waals surface area contributed by atoms with E-state index in [0.717, 1.165) is 31.6 Å². The Labute approximate surface area is 228 Å². The molecular formula is C26H25Cl2FN8O. The number of β-amino-alcohol motifs (C(OH)–C–C–N with tert-alkyl or cyclic N) is 1. The first-order valence-electron chi connectivity index (χ1n) is 12.2. The molecule has 5 rings (SSSR count). The average Bonchev–Trinajstić information content (AvgIpc) is 3.40. The second-order valence-electron chi connectivity index (χ2n) is 9.11. The van der Waals surface area contributed by atoms with Gasteiger partial charge < -0.3 is 20.6 Å². The number of nitriles is 1. The lowest BCUT2D eigenvalue weighted by Crippen LogP contribution is -2.36. The zero-order valence-corrected chi connectivity index (χ0v) is 21.8. The number of hydrogen-bond acceptors (Lipinski definition) is 8. The molecule has 196 valence electrons. The fourth-order valence-electron chi connectivity index (χ4n) is 4.61. The van der Waals surface area contributed by atoms with Gasteiger partial charge in [-0.25, -0.2) is 9.07 Å². The van der Waals surface area contributed by atoms with Crippen molar-refractivity contribution in [2.24, 2.45) is 0 Å². The second-order valence-corrected chi connectivity index (χ2v) is 9.92. The molecule has 0 amide bonds. The van der Waals surface area contributed by atoms with Gasteiger partial charge in [-0.3, -0.25) is 4.98 Å². The summed E-state index contributed by atoms with van der Waals surface area (Å²) in [5, 5.41) is 35.0. The first-order chi connectivity index (χ1) is 18.4. The topological polar surface area (TPSA) is 115 Å². The molecule has 0 unspecified atom stereocenters. The molecule has 1 aliphatic rings. The molecule has 2 aromatic heterocycles. The number of fused-ring (bicyclic) bond motifs is 1. The van der Waals surface area contributed by atoms with Crippen LogP contribution in [0.4, 0.5) is 21.5 Å². The number of anilines is 3. The van der Waals surface area contributed by atoms with Crippen LogP contribution in [-0.2, 0) is 6.54 Å². The molecule has 0 radical (unpaired) electrons. The lowest BCUT2D eigenvalue weighted by atomic mass is 10.1. The van der Waals surface area contributed by atoms with Crippen molar-refractivity contribution in [2.75, 3.05) is 36.9 Å². The predicted molar refractivity (Wildman–Crippen MR) is 145 cm³/mol. The van der Waals surface area contributed by atoms with Crippen LogP contribution in [0, 0.1) is 17.1 Å². The van der Waals surface area contributed by atoms with Gasteiger partial charge in [-0.2, -0.15) is 5.26 Å². The van der Waals surface area contributed by atoms with E-state index in [1.54, 1.807) is 6.07 Å². The minimum absolute atomic E-state index is 0.0315. The van der Waals surface area contributed by atoms with Gasteiger partial charge in [0.15, 0.2) is 0 Å². The highest BCUT2D eigenvalue weighted by Gasteiger charge is 2.21. The van der Waals surface area contributed by atoms with Crippen LogP contribution < -0.4 is 10.6 Å². The van der Waals surface area contributed by atoms with Crippen molar-refractivity contribution in [3.05, 3.63) is 69.8 Å². The highest BCUT2D eigenvalue weighted by molar-refractivity contribution is 6.36.